The molecule has 0 aliphatic heterocycles. The maximum absolute atomic E-state index is 6.36. The van der Waals surface area contributed by atoms with Crippen LogP contribution < -0.4 is 0 Å². The third kappa shape index (κ3) is 5.83. The fourth-order valence-electron chi connectivity index (χ4n) is 9.63. The van der Waals surface area contributed by atoms with Crippen LogP contribution >= 0.6 is 0 Å². The molecule has 0 atom stereocenters. The van der Waals surface area contributed by atoms with Crippen molar-refractivity contribution in [3.8, 4) is 62.1 Å². The maximum atomic E-state index is 6.36. The Morgan fingerprint density at radius 1 is 0.312 bits per heavy atom. The van der Waals surface area contributed by atoms with Gasteiger partial charge in [-0.15, -0.1) is 0 Å². The van der Waals surface area contributed by atoms with Crippen molar-refractivity contribution in [1.29, 1.82) is 0 Å². The van der Waals surface area contributed by atoms with E-state index in [0.29, 0.717) is 17.5 Å². The summed E-state index contributed by atoms with van der Waals surface area (Å²) >= 11 is 0. The van der Waals surface area contributed by atoms with Crippen LogP contribution in [0.5, 0.6) is 0 Å². The number of hydrogen-bond donors (Lipinski definition) is 0. The van der Waals surface area contributed by atoms with Crippen molar-refractivity contribution in [1.82, 2.24) is 19.5 Å². The molecule has 0 saturated carbocycles. The zero-order valence-electron chi connectivity index (χ0n) is 34.5. The van der Waals surface area contributed by atoms with E-state index in [1.807, 2.05) is 42.5 Å². The van der Waals surface area contributed by atoms with E-state index < -0.39 is 0 Å². The standard InChI is InChI=1S/C59H36N4O/c1-3-15-37(16-4-1)44-22-11-12-24-46(44)50-36-43(63-52-32-28-38-17-9-10-23-45(38)56(52)51-33-40-20-7-8-21-41(40)34-53(51)63)29-31-49(50)59-61-57(39-18-5-2-6-19-39)60-58(62-59)42-27-30-48-47-25-13-14-26-54(47)64-55(48)35-42/h1-36H. The topological polar surface area (TPSA) is 56.7 Å². The molecule has 298 valence electrons. The molecule has 0 bridgehead atoms. The monoisotopic (exact) mass is 816 g/mol. The number of aromatic nitrogens is 4. The summed E-state index contributed by atoms with van der Waals surface area (Å²) in [6.07, 6.45) is 0. The molecule has 0 aliphatic rings. The van der Waals surface area contributed by atoms with Gasteiger partial charge in [-0.25, -0.2) is 15.0 Å². The summed E-state index contributed by atoms with van der Waals surface area (Å²) in [7, 11) is 0. The highest BCUT2D eigenvalue weighted by Gasteiger charge is 2.22. The molecule has 0 spiro atoms. The number of nitrogens with zero attached hydrogens (tertiary/aromatic N) is 4. The fourth-order valence-corrected chi connectivity index (χ4v) is 9.63. The van der Waals surface area contributed by atoms with E-state index in [1.54, 1.807) is 0 Å². The van der Waals surface area contributed by atoms with E-state index in [4.69, 9.17) is 19.4 Å². The number of benzene rings is 10. The van der Waals surface area contributed by atoms with E-state index in [0.717, 1.165) is 77.6 Å². The summed E-state index contributed by atoms with van der Waals surface area (Å²) in [6, 6.07) is 77.1. The van der Waals surface area contributed by atoms with Crippen LogP contribution in [0.15, 0.2) is 223 Å². The predicted molar refractivity (Wildman–Crippen MR) is 264 cm³/mol. The Labute approximate surface area is 368 Å². The Bertz CT molecular complexity index is 3960. The van der Waals surface area contributed by atoms with Gasteiger partial charge in [0.05, 0.1) is 11.0 Å². The van der Waals surface area contributed by atoms with Gasteiger partial charge in [0.2, 0.25) is 0 Å². The molecule has 10 aromatic carbocycles. The second-order valence-electron chi connectivity index (χ2n) is 16.4. The minimum Gasteiger partial charge on any atom is -0.456 e. The molecule has 13 rings (SSSR count). The highest BCUT2D eigenvalue weighted by atomic mass is 16.3. The highest BCUT2D eigenvalue weighted by Crippen LogP contribution is 2.43. The number of rotatable bonds is 6. The van der Waals surface area contributed by atoms with Crippen molar-refractivity contribution in [2.45, 2.75) is 0 Å². The number of fused-ring (bicyclic) bond motifs is 9. The summed E-state index contributed by atoms with van der Waals surface area (Å²) in [4.78, 5) is 15.8. The van der Waals surface area contributed by atoms with Gasteiger partial charge < -0.3 is 8.98 Å². The smallest absolute Gasteiger partial charge is 0.164 e. The molecular weight excluding hydrogens is 781 g/mol. The van der Waals surface area contributed by atoms with E-state index in [9.17, 15) is 0 Å². The second-order valence-corrected chi connectivity index (χ2v) is 16.4. The summed E-state index contributed by atoms with van der Waals surface area (Å²) in [5.41, 5.74) is 12.0. The second kappa shape index (κ2) is 14.5. The molecule has 13 aromatic rings. The molecule has 0 unspecified atom stereocenters. The molecule has 0 aliphatic carbocycles. The average Bonchev–Trinajstić information content (AvgIpc) is 3.91. The van der Waals surface area contributed by atoms with Crippen molar-refractivity contribution in [3.63, 3.8) is 0 Å². The number of hydrogen-bond acceptors (Lipinski definition) is 4. The fraction of sp³-hybridized carbons (Fsp3) is 0. The van der Waals surface area contributed by atoms with Gasteiger partial charge >= 0.3 is 0 Å². The van der Waals surface area contributed by atoms with Gasteiger partial charge in [-0.05, 0) is 98.4 Å². The molecule has 3 heterocycles. The van der Waals surface area contributed by atoms with Gasteiger partial charge in [-0.3, -0.25) is 0 Å². The molecule has 0 fully saturated rings. The maximum Gasteiger partial charge on any atom is 0.164 e. The summed E-state index contributed by atoms with van der Waals surface area (Å²) in [6.45, 7) is 0. The summed E-state index contributed by atoms with van der Waals surface area (Å²) in [5, 5.41) is 9.46. The van der Waals surface area contributed by atoms with Gasteiger partial charge in [0.15, 0.2) is 17.5 Å². The molecule has 3 aromatic heterocycles. The first-order valence-corrected chi connectivity index (χ1v) is 21.6. The van der Waals surface area contributed by atoms with Crippen molar-refractivity contribution < 1.29 is 4.42 Å². The van der Waals surface area contributed by atoms with Crippen molar-refractivity contribution in [2.24, 2.45) is 0 Å². The Morgan fingerprint density at radius 3 is 1.75 bits per heavy atom. The van der Waals surface area contributed by atoms with Gasteiger partial charge in [0, 0.05) is 43.9 Å². The molecule has 0 amide bonds. The minimum absolute atomic E-state index is 0.568. The lowest BCUT2D eigenvalue weighted by Gasteiger charge is -2.18. The van der Waals surface area contributed by atoms with Crippen molar-refractivity contribution >= 4 is 65.3 Å². The Balaban J connectivity index is 1.09. The van der Waals surface area contributed by atoms with Crippen molar-refractivity contribution in [2.75, 3.05) is 0 Å². The van der Waals surface area contributed by atoms with Crippen LogP contribution in [0.3, 0.4) is 0 Å². The molecular formula is C59H36N4O. The highest BCUT2D eigenvalue weighted by molar-refractivity contribution is 6.23. The summed E-state index contributed by atoms with van der Waals surface area (Å²) in [5.74, 6) is 1.74. The number of para-hydroxylation sites is 1. The third-order valence-electron chi connectivity index (χ3n) is 12.6. The summed E-state index contributed by atoms with van der Waals surface area (Å²) < 4.78 is 8.79. The first-order valence-electron chi connectivity index (χ1n) is 21.6. The molecule has 5 heteroatoms. The molecule has 64 heavy (non-hydrogen) atoms. The van der Waals surface area contributed by atoms with Crippen LogP contribution in [-0.2, 0) is 0 Å². The van der Waals surface area contributed by atoms with Gasteiger partial charge in [-0.1, -0.05) is 164 Å². The average molecular weight is 817 g/mol. The largest absolute Gasteiger partial charge is 0.456 e. The molecule has 0 radical (unpaired) electrons. The molecule has 0 saturated heterocycles. The van der Waals surface area contributed by atoms with Crippen molar-refractivity contribution in [3.05, 3.63) is 218 Å². The van der Waals surface area contributed by atoms with Crippen LogP contribution in [0.2, 0.25) is 0 Å². The number of furan rings is 1. The zero-order valence-corrected chi connectivity index (χ0v) is 34.5. The SMILES string of the molecule is c1ccc(-c2nc(-c3ccc4c(c3)oc3ccccc34)nc(-c3ccc(-n4c5cc6ccccc6cc5c5c6ccccc6ccc54)cc3-c3ccccc3-c3ccccc3)n2)cc1. The van der Waals surface area contributed by atoms with Gasteiger partial charge in [0.25, 0.3) is 0 Å². The van der Waals surface area contributed by atoms with Crippen LogP contribution in [0.4, 0.5) is 0 Å². The normalized spacial score (nSPS) is 11.8. The Morgan fingerprint density at radius 2 is 0.938 bits per heavy atom. The first-order chi connectivity index (χ1) is 31.7. The quantitative estimate of drug-likeness (QED) is 0.168. The van der Waals surface area contributed by atoms with E-state index in [1.165, 1.54) is 32.3 Å². The minimum atomic E-state index is 0.568. The van der Waals surface area contributed by atoms with E-state index >= 15 is 0 Å². The lowest BCUT2D eigenvalue weighted by Crippen LogP contribution is -2.02. The van der Waals surface area contributed by atoms with Crippen LogP contribution in [0, 0.1) is 0 Å². The van der Waals surface area contributed by atoms with Crippen LogP contribution in [0.1, 0.15) is 0 Å². The lowest BCUT2D eigenvalue weighted by molar-refractivity contribution is 0.669. The lowest BCUT2D eigenvalue weighted by atomic mass is 9.91. The van der Waals surface area contributed by atoms with Crippen LogP contribution in [-0.4, -0.2) is 19.5 Å². The predicted octanol–water partition coefficient (Wildman–Crippen LogP) is 15.5. The van der Waals surface area contributed by atoms with E-state index in [2.05, 4.69) is 180 Å². The molecule has 0 N–H and O–H groups in total. The third-order valence-corrected chi connectivity index (χ3v) is 12.6. The Hall–Kier alpha value is -8.67. The van der Waals surface area contributed by atoms with Gasteiger partial charge in [0.1, 0.15) is 11.2 Å². The Kier molecular flexibility index (Phi) is 8.15. The zero-order chi connectivity index (χ0) is 42.1. The van der Waals surface area contributed by atoms with Gasteiger partial charge in [-0.2, -0.15) is 0 Å². The van der Waals surface area contributed by atoms with Crippen LogP contribution in [0.25, 0.3) is 127 Å². The first kappa shape index (κ1) is 36.0. The molecule has 5 nitrogen and oxygen atoms in total. The van der Waals surface area contributed by atoms with E-state index in [-0.39, 0.29) is 0 Å².